The Labute approximate surface area is 110 Å². The monoisotopic (exact) mass is 257 g/mol. The number of hydrogen-bond donors (Lipinski definition) is 1. The van der Waals surface area contributed by atoms with Gasteiger partial charge in [0.05, 0.1) is 7.11 Å². The quantitative estimate of drug-likeness (QED) is 0.719. The van der Waals surface area contributed by atoms with Gasteiger partial charge in [-0.3, -0.25) is 0 Å². The van der Waals surface area contributed by atoms with Gasteiger partial charge < -0.3 is 9.72 Å². The highest BCUT2D eigenvalue weighted by Crippen LogP contribution is 2.28. The molecule has 1 aromatic heterocycles. The zero-order valence-corrected chi connectivity index (χ0v) is 10.7. The number of hydrogen-bond acceptors (Lipinski definition) is 1. The van der Waals surface area contributed by atoms with Crippen molar-refractivity contribution in [3.63, 3.8) is 0 Å². The second-order valence-electron chi connectivity index (χ2n) is 4.15. The maximum absolute atomic E-state index is 5.99. The van der Waals surface area contributed by atoms with Crippen molar-refractivity contribution in [3.05, 3.63) is 53.6 Å². The normalized spacial score (nSPS) is 10.8. The number of nitrogens with one attached hydrogen (secondary N) is 1. The van der Waals surface area contributed by atoms with E-state index in [1.54, 1.807) is 7.11 Å². The number of fused-ring (bicyclic) bond motifs is 1. The Bertz CT molecular complexity index is 703. The number of aromatic amines is 1. The van der Waals surface area contributed by atoms with Gasteiger partial charge in [0.1, 0.15) is 5.75 Å². The first-order chi connectivity index (χ1) is 8.76. The van der Waals surface area contributed by atoms with Gasteiger partial charge in [-0.15, -0.1) is 0 Å². The summed E-state index contributed by atoms with van der Waals surface area (Å²) < 4.78 is 5.23. The Morgan fingerprint density at radius 3 is 2.78 bits per heavy atom. The number of ether oxygens (including phenoxy) is 1. The van der Waals surface area contributed by atoms with E-state index in [1.165, 1.54) is 0 Å². The molecule has 90 valence electrons. The van der Waals surface area contributed by atoms with Gasteiger partial charge >= 0.3 is 0 Å². The van der Waals surface area contributed by atoms with Gasteiger partial charge in [0, 0.05) is 27.2 Å². The van der Waals surface area contributed by atoms with Crippen LogP contribution in [0.1, 0.15) is 0 Å². The molecule has 1 N–H and O–H groups in total. The summed E-state index contributed by atoms with van der Waals surface area (Å²) >= 11 is 5.99. The Balaban J connectivity index is 2.13. The molecule has 0 aliphatic heterocycles. The highest BCUT2D eigenvalue weighted by Gasteiger charge is 2.04. The third-order valence-corrected chi connectivity index (χ3v) is 3.20. The van der Waals surface area contributed by atoms with Gasteiger partial charge in [0.25, 0.3) is 0 Å². The number of H-pyrrole nitrogens is 1. The zero-order chi connectivity index (χ0) is 12.5. The topological polar surface area (TPSA) is 25.0 Å². The zero-order valence-electron chi connectivity index (χ0n) is 9.91. The average Bonchev–Trinajstić information content (AvgIpc) is 2.81. The van der Waals surface area contributed by atoms with Gasteiger partial charge in [0.2, 0.25) is 0 Å². The molecule has 0 spiro atoms. The van der Waals surface area contributed by atoms with Gasteiger partial charge in [-0.25, -0.2) is 0 Å². The maximum Gasteiger partial charge on any atom is 0.119 e. The van der Waals surface area contributed by atoms with Crippen molar-refractivity contribution in [1.29, 1.82) is 0 Å². The van der Waals surface area contributed by atoms with Gasteiger partial charge in [-0.05, 0) is 36.4 Å². The Morgan fingerprint density at radius 2 is 1.94 bits per heavy atom. The number of halogens is 1. The van der Waals surface area contributed by atoms with E-state index >= 15 is 0 Å². The second-order valence-corrected chi connectivity index (χ2v) is 4.58. The Hall–Kier alpha value is -1.93. The van der Waals surface area contributed by atoms with Crippen LogP contribution in [0, 0.1) is 0 Å². The molecular weight excluding hydrogens is 246 g/mol. The van der Waals surface area contributed by atoms with E-state index in [1.807, 2.05) is 36.4 Å². The fraction of sp³-hybridized carbons (Fsp3) is 0.0667. The van der Waals surface area contributed by atoms with E-state index in [9.17, 15) is 0 Å². The molecule has 0 aliphatic rings. The van der Waals surface area contributed by atoms with Crippen LogP contribution in [0.5, 0.6) is 5.75 Å². The standard InChI is InChI=1S/C15H12ClNO/c1-18-13-4-2-3-10(8-13)15-9-11-7-12(16)5-6-14(11)17-15/h2-9,17H,1H3. The lowest BCUT2D eigenvalue weighted by atomic mass is 10.1. The minimum Gasteiger partial charge on any atom is -0.497 e. The third kappa shape index (κ3) is 1.95. The molecule has 0 saturated carbocycles. The van der Waals surface area contributed by atoms with Gasteiger partial charge in [0.15, 0.2) is 0 Å². The molecule has 0 unspecified atom stereocenters. The van der Waals surface area contributed by atoms with Crippen LogP contribution in [-0.4, -0.2) is 12.1 Å². The van der Waals surface area contributed by atoms with Crippen molar-refractivity contribution < 1.29 is 4.74 Å². The van der Waals surface area contributed by atoms with Crippen molar-refractivity contribution >= 4 is 22.5 Å². The molecular formula is C15H12ClNO. The summed E-state index contributed by atoms with van der Waals surface area (Å²) in [5, 5.41) is 1.86. The second kappa shape index (κ2) is 4.39. The van der Waals surface area contributed by atoms with E-state index in [0.29, 0.717) is 0 Å². The van der Waals surface area contributed by atoms with E-state index in [4.69, 9.17) is 16.3 Å². The maximum atomic E-state index is 5.99. The van der Waals surface area contributed by atoms with Crippen molar-refractivity contribution in [3.8, 4) is 17.0 Å². The van der Waals surface area contributed by atoms with Crippen molar-refractivity contribution in [2.75, 3.05) is 7.11 Å². The number of aromatic nitrogens is 1. The lowest BCUT2D eigenvalue weighted by Gasteiger charge is -2.02. The summed E-state index contributed by atoms with van der Waals surface area (Å²) in [4.78, 5) is 3.38. The molecule has 3 heteroatoms. The minimum atomic E-state index is 0.749. The molecule has 0 radical (unpaired) electrons. The summed E-state index contributed by atoms with van der Waals surface area (Å²) in [7, 11) is 1.67. The first-order valence-corrected chi connectivity index (χ1v) is 6.07. The van der Waals surface area contributed by atoms with Gasteiger partial charge in [-0.1, -0.05) is 23.7 Å². The fourth-order valence-electron chi connectivity index (χ4n) is 2.05. The van der Waals surface area contributed by atoms with Crippen molar-refractivity contribution in [2.24, 2.45) is 0 Å². The van der Waals surface area contributed by atoms with Crippen LogP contribution >= 0.6 is 11.6 Å². The third-order valence-electron chi connectivity index (χ3n) is 2.96. The molecule has 2 aromatic carbocycles. The smallest absolute Gasteiger partial charge is 0.119 e. The lowest BCUT2D eigenvalue weighted by Crippen LogP contribution is -1.83. The van der Waals surface area contributed by atoms with E-state index in [0.717, 1.165) is 32.9 Å². The summed E-state index contributed by atoms with van der Waals surface area (Å²) in [5.41, 5.74) is 3.24. The van der Waals surface area contributed by atoms with Crippen molar-refractivity contribution in [2.45, 2.75) is 0 Å². The largest absolute Gasteiger partial charge is 0.497 e. The molecule has 1 heterocycles. The van der Waals surface area contributed by atoms with E-state index in [-0.39, 0.29) is 0 Å². The first kappa shape index (κ1) is 11.2. The summed E-state index contributed by atoms with van der Waals surface area (Å²) in [6, 6.07) is 15.9. The van der Waals surface area contributed by atoms with Crippen LogP contribution in [0.4, 0.5) is 0 Å². The average molecular weight is 258 g/mol. The number of benzene rings is 2. The molecule has 0 atom stereocenters. The van der Waals surface area contributed by atoms with Crippen LogP contribution < -0.4 is 4.74 Å². The Kier molecular flexibility index (Phi) is 2.73. The number of methoxy groups -OCH3 is 1. The molecule has 2 nitrogen and oxygen atoms in total. The van der Waals surface area contributed by atoms with Gasteiger partial charge in [-0.2, -0.15) is 0 Å². The van der Waals surface area contributed by atoms with Crippen LogP contribution in [0.15, 0.2) is 48.5 Å². The lowest BCUT2D eigenvalue weighted by molar-refractivity contribution is 0.415. The van der Waals surface area contributed by atoms with E-state index < -0.39 is 0 Å². The summed E-state index contributed by atoms with van der Waals surface area (Å²) in [5.74, 6) is 0.851. The van der Waals surface area contributed by atoms with Crippen LogP contribution in [0.2, 0.25) is 5.02 Å². The Morgan fingerprint density at radius 1 is 1.06 bits per heavy atom. The molecule has 0 bridgehead atoms. The predicted molar refractivity (Wildman–Crippen MR) is 75.3 cm³/mol. The summed E-state index contributed by atoms with van der Waals surface area (Å²) in [6.07, 6.45) is 0. The molecule has 18 heavy (non-hydrogen) atoms. The van der Waals surface area contributed by atoms with Crippen LogP contribution in [-0.2, 0) is 0 Å². The van der Waals surface area contributed by atoms with Crippen LogP contribution in [0.3, 0.4) is 0 Å². The highest BCUT2D eigenvalue weighted by atomic mass is 35.5. The molecule has 0 fully saturated rings. The van der Waals surface area contributed by atoms with Crippen LogP contribution in [0.25, 0.3) is 22.2 Å². The summed E-state index contributed by atoms with van der Waals surface area (Å²) in [6.45, 7) is 0. The fourth-order valence-corrected chi connectivity index (χ4v) is 2.23. The minimum absolute atomic E-state index is 0.749. The van der Waals surface area contributed by atoms with Crippen molar-refractivity contribution in [1.82, 2.24) is 4.98 Å². The molecule has 3 rings (SSSR count). The molecule has 3 aromatic rings. The predicted octanol–water partition coefficient (Wildman–Crippen LogP) is 4.50. The molecule has 0 saturated heterocycles. The van der Waals surface area contributed by atoms with E-state index in [2.05, 4.69) is 17.1 Å². The molecule has 0 aliphatic carbocycles. The highest BCUT2D eigenvalue weighted by molar-refractivity contribution is 6.31. The molecule has 0 amide bonds. The first-order valence-electron chi connectivity index (χ1n) is 5.69. The number of rotatable bonds is 2. The SMILES string of the molecule is COc1cccc(-c2cc3cc(Cl)ccc3[nH]2)c1.